The van der Waals surface area contributed by atoms with Crippen LogP contribution in [0.1, 0.15) is 28.2 Å². The number of aliphatic hydroxyl groups excluding tert-OH is 2. The molecule has 0 amide bonds. The third-order valence-electron chi connectivity index (χ3n) is 8.82. The first kappa shape index (κ1) is 35.1. The SMILES string of the molecule is O=C1C=Cc2ccc(O)c(O)c2-c2cc(cc(O)c2O)C2c3cc(O)c(O)cc3C=C(C(=O)OC3C=C(C(=O)O)OC(C(O)CO)C3O1)C2C(=O)O. The van der Waals surface area contributed by atoms with Crippen LogP contribution >= 0.6 is 0 Å². The third kappa shape index (κ3) is 6.03. The molecule has 0 aromatic heterocycles. The standard InChI is InChI=1S/C35H28O17/c36-11-22(41)31-32-23(10-24(50-31)33(45)46)51-35(49)17-5-13-7-19(38)20(39)9-15(13)26(28(17)34(47)48)14-6-16(29(43)21(40)8-14)27-12(2-4-25(42)52-32)1-3-18(37)30(27)44/h1-10,22-23,26,28,31-32,36-41,43-44H,11H2,(H,45,46)(H,47,48). The fourth-order valence-electron chi connectivity index (χ4n) is 6.45. The molecule has 6 atom stereocenters. The van der Waals surface area contributed by atoms with Gasteiger partial charge in [0.25, 0.3) is 0 Å². The zero-order valence-electron chi connectivity index (χ0n) is 26.3. The Labute approximate surface area is 291 Å². The van der Waals surface area contributed by atoms with Crippen molar-refractivity contribution in [3.8, 4) is 45.6 Å². The van der Waals surface area contributed by atoms with Gasteiger partial charge in [-0.15, -0.1) is 0 Å². The molecule has 17 nitrogen and oxygen atoms in total. The van der Waals surface area contributed by atoms with E-state index in [9.17, 15) is 70.2 Å². The number of phenols is 6. The van der Waals surface area contributed by atoms with Crippen molar-refractivity contribution in [2.75, 3.05) is 6.61 Å². The molecule has 3 aliphatic rings. The topological polar surface area (TPSA) is 298 Å². The van der Waals surface area contributed by atoms with Crippen molar-refractivity contribution >= 4 is 36.0 Å². The summed E-state index contributed by atoms with van der Waals surface area (Å²) in [5.41, 5.74) is -1.68. The van der Waals surface area contributed by atoms with Crippen LogP contribution in [-0.2, 0) is 33.4 Å². The van der Waals surface area contributed by atoms with Crippen molar-refractivity contribution in [1.82, 2.24) is 0 Å². The van der Waals surface area contributed by atoms with Crippen molar-refractivity contribution in [2.45, 2.75) is 30.3 Å². The minimum absolute atomic E-state index is 0.00581. The van der Waals surface area contributed by atoms with E-state index in [4.69, 9.17) is 14.2 Å². The van der Waals surface area contributed by atoms with Gasteiger partial charge >= 0.3 is 23.9 Å². The Morgan fingerprint density at radius 3 is 2.17 bits per heavy atom. The second-order valence-corrected chi connectivity index (χ2v) is 12.0. The Balaban J connectivity index is 1.68. The van der Waals surface area contributed by atoms with E-state index in [1.165, 1.54) is 6.07 Å². The van der Waals surface area contributed by atoms with Crippen LogP contribution in [0.15, 0.2) is 59.9 Å². The van der Waals surface area contributed by atoms with E-state index in [0.717, 1.165) is 54.6 Å². The molecule has 270 valence electrons. The van der Waals surface area contributed by atoms with Crippen LogP contribution in [-0.4, -0.2) is 106 Å². The minimum atomic E-state index is -1.95. The number of aliphatic hydroxyl groups is 2. The van der Waals surface area contributed by atoms with Gasteiger partial charge in [-0.1, -0.05) is 6.07 Å². The molecule has 0 spiro atoms. The highest BCUT2D eigenvalue weighted by molar-refractivity contribution is 6.02. The highest BCUT2D eigenvalue weighted by Gasteiger charge is 2.48. The van der Waals surface area contributed by atoms with Crippen LogP contribution in [0.4, 0.5) is 0 Å². The molecule has 0 saturated carbocycles. The Morgan fingerprint density at radius 2 is 1.50 bits per heavy atom. The maximum Gasteiger partial charge on any atom is 0.370 e. The lowest BCUT2D eigenvalue weighted by Gasteiger charge is -2.37. The number of aliphatic carboxylic acids is 2. The molecular formula is C35H28O17. The molecule has 0 fully saturated rings. The Hall–Kier alpha value is -6.72. The van der Waals surface area contributed by atoms with Crippen LogP contribution in [0.2, 0.25) is 0 Å². The average molecular weight is 721 g/mol. The molecule has 3 aromatic rings. The number of esters is 2. The molecule has 6 rings (SSSR count). The van der Waals surface area contributed by atoms with Gasteiger partial charge in [0.15, 0.2) is 52.8 Å². The van der Waals surface area contributed by atoms with Gasteiger partial charge in [-0.3, -0.25) is 4.79 Å². The highest BCUT2D eigenvalue weighted by atomic mass is 16.6. The zero-order valence-corrected chi connectivity index (χ0v) is 26.3. The molecule has 10 N–H and O–H groups in total. The molecule has 17 heteroatoms. The predicted octanol–water partition coefficient (Wildman–Crippen LogP) is 1.39. The number of carbonyl (C=O) groups excluding carboxylic acids is 2. The Kier molecular flexibility index (Phi) is 8.91. The minimum Gasteiger partial charge on any atom is -0.504 e. The van der Waals surface area contributed by atoms with E-state index in [1.807, 2.05) is 0 Å². The fourth-order valence-corrected chi connectivity index (χ4v) is 6.45. The van der Waals surface area contributed by atoms with E-state index in [1.54, 1.807) is 0 Å². The van der Waals surface area contributed by atoms with Crippen LogP contribution in [0, 0.1) is 5.92 Å². The smallest absolute Gasteiger partial charge is 0.370 e. The zero-order chi connectivity index (χ0) is 37.8. The summed E-state index contributed by atoms with van der Waals surface area (Å²) in [4.78, 5) is 52.4. The first-order valence-electron chi connectivity index (χ1n) is 15.2. The summed E-state index contributed by atoms with van der Waals surface area (Å²) in [6, 6.07) is 6.33. The number of hydrogen-bond acceptors (Lipinski definition) is 15. The summed E-state index contributed by atoms with van der Waals surface area (Å²) in [6.45, 7) is -1.05. The van der Waals surface area contributed by atoms with Gasteiger partial charge in [-0.2, -0.15) is 0 Å². The van der Waals surface area contributed by atoms with E-state index >= 15 is 0 Å². The van der Waals surface area contributed by atoms with Gasteiger partial charge in [-0.25, -0.2) is 14.4 Å². The maximum absolute atomic E-state index is 14.0. The number of fused-ring (bicyclic) bond motifs is 10. The number of aromatic hydroxyl groups is 6. The second-order valence-electron chi connectivity index (χ2n) is 12.0. The van der Waals surface area contributed by atoms with Crippen molar-refractivity contribution in [1.29, 1.82) is 0 Å². The monoisotopic (exact) mass is 720 g/mol. The highest BCUT2D eigenvalue weighted by Crippen LogP contribution is 2.52. The first-order chi connectivity index (χ1) is 24.6. The molecule has 1 aliphatic carbocycles. The summed E-state index contributed by atoms with van der Waals surface area (Å²) >= 11 is 0. The molecule has 0 saturated heterocycles. The number of ether oxygens (including phenoxy) is 3. The normalized spacial score (nSPS) is 22.9. The lowest BCUT2D eigenvalue weighted by molar-refractivity contribution is -0.185. The molecule has 3 aromatic carbocycles. The van der Waals surface area contributed by atoms with Crippen molar-refractivity contribution < 1.29 is 84.5 Å². The predicted molar refractivity (Wildman–Crippen MR) is 172 cm³/mol. The number of carboxylic acids is 2. The van der Waals surface area contributed by atoms with Crippen LogP contribution in [0.25, 0.3) is 23.3 Å². The summed E-state index contributed by atoms with van der Waals surface area (Å²) in [6.07, 6.45) is -4.01. The maximum atomic E-state index is 14.0. The molecule has 2 heterocycles. The van der Waals surface area contributed by atoms with Crippen LogP contribution in [0.3, 0.4) is 0 Å². The lowest BCUT2D eigenvalue weighted by atomic mass is 9.70. The second kappa shape index (κ2) is 13.2. The van der Waals surface area contributed by atoms with E-state index < -0.39 is 118 Å². The number of rotatable bonds is 4. The largest absolute Gasteiger partial charge is 0.504 e. The van der Waals surface area contributed by atoms with Gasteiger partial charge in [0.1, 0.15) is 6.10 Å². The summed E-state index contributed by atoms with van der Waals surface area (Å²) in [5, 5.41) is 105. The molecule has 4 bridgehead atoms. The number of carboxylic acid groups (broad SMARTS) is 2. The van der Waals surface area contributed by atoms with E-state index in [-0.39, 0.29) is 27.8 Å². The van der Waals surface area contributed by atoms with Crippen molar-refractivity contribution in [3.63, 3.8) is 0 Å². The summed E-state index contributed by atoms with van der Waals surface area (Å²) in [7, 11) is 0. The summed E-state index contributed by atoms with van der Waals surface area (Å²) in [5.74, 6) is -15.1. The van der Waals surface area contributed by atoms with Gasteiger partial charge in [0.2, 0.25) is 5.76 Å². The quantitative estimate of drug-likeness (QED) is 0.134. The number of benzene rings is 3. The van der Waals surface area contributed by atoms with Gasteiger partial charge in [0, 0.05) is 29.2 Å². The van der Waals surface area contributed by atoms with Gasteiger partial charge < -0.3 is 65.3 Å². The van der Waals surface area contributed by atoms with Crippen LogP contribution < -0.4 is 0 Å². The summed E-state index contributed by atoms with van der Waals surface area (Å²) < 4.78 is 16.3. The molecule has 0 radical (unpaired) electrons. The Morgan fingerprint density at radius 1 is 0.788 bits per heavy atom. The molecule has 2 aliphatic heterocycles. The lowest BCUT2D eigenvalue weighted by Crippen LogP contribution is -2.53. The van der Waals surface area contributed by atoms with Crippen molar-refractivity contribution in [3.05, 3.63) is 82.1 Å². The van der Waals surface area contributed by atoms with Crippen molar-refractivity contribution in [2.24, 2.45) is 5.92 Å². The number of hydrogen-bond donors (Lipinski definition) is 10. The third-order valence-corrected chi connectivity index (χ3v) is 8.82. The van der Waals surface area contributed by atoms with E-state index in [0.29, 0.717) is 0 Å². The van der Waals surface area contributed by atoms with E-state index in [2.05, 4.69) is 0 Å². The Bertz CT molecular complexity index is 2130. The number of carbonyl (C=O) groups is 4. The van der Waals surface area contributed by atoms with Gasteiger partial charge in [-0.05, 0) is 64.7 Å². The fraction of sp³-hybridized carbons (Fsp3) is 0.200. The molecule has 52 heavy (non-hydrogen) atoms. The molecule has 6 unspecified atom stereocenters. The van der Waals surface area contributed by atoms with Gasteiger partial charge in [0.05, 0.1) is 18.1 Å². The first-order valence-corrected chi connectivity index (χ1v) is 15.2. The number of phenolic OH excluding ortho intramolecular Hbond substituents is 6. The molecular weight excluding hydrogens is 692 g/mol. The average Bonchev–Trinajstić information content (AvgIpc) is 3.09. The van der Waals surface area contributed by atoms with Crippen LogP contribution in [0.5, 0.6) is 34.5 Å².